The number of likely N-dealkylation sites (tertiary alicyclic amines) is 1. The number of carbonyl (C=O) groups is 1. The lowest BCUT2D eigenvalue weighted by Crippen LogP contribution is -2.41. The average Bonchev–Trinajstić information content (AvgIpc) is 3.27. The van der Waals surface area contributed by atoms with Gasteiger partial charge >= 0.3 is 0 Å². The zero-order chi connectivity index (χ0) is 22.5. The molecule has 32 heavy (non-hydrogen) atoms. The number of carbonyl (C=O) groups excluding carboxylic acids is 1. The number of rotatable bonds is 7. The Kier molecular flexibility index (Phi) is 7.37. The molecule has 1 aliphatic rings. The van der Waals surface area contributed by atoms with Crippen molar-refractivity contribution in [3.63, 3.8) is 0 Å². The van der Waals surface area contributed by atoms with E-state index in [1.165, 1.54) is 11.1 Å². The van der Waals surface area contributed by atoms with Gasteiger partial charge in [0.25, 0.3) is 0 Å². The van der Waals surface area contributed by atoms with Crippen molar-refractivity contribution in [2.24, 2.45) is 5.92 Å². The van der Waals surface area contributed by atoms with Gasteiger partial charge in [0.1, 0.15) is 0 Å². The van der Waals surface area contributed by atoms with Crippen LogP contribution in [0.3, 0.4) is 0 Å². The highest BCUT2D eigenvalue weighted by atomic mass is 79.9. The van der Waals surface area contributed by atoms with Crippen LogP contribution in [0.25, 0.3) is 11.4 Å². The summed E-state index contributed by atoms with van der Waals surface area (Å²) in [6, 6.07) is 16.2. The van der Waals surface area contributed by atoms with Crippen LogP contribution in [-0.2, 0) is 11.3 Å². The first kappa shape index (κ1) is 22.7. The summed E-state index contributed by atoms with van der Waals surface area (Å²) < 4.78 is 6.45. The van der Waals surface area contributed by atoms with Gasteiger partial charge in [-0.3, -0.25) is 9.69 Å². The standard InChI is InChI=1S/C25H29BrN4O2/c1-3-22(21-10-5-4-7-17(21)2)27-25(31)18-11-13-30(14-12-18)16-23-28-24(29-32-23)19-8-6-9-20(26)15-19/h4-10,15,18,22H,3,11-14,16H2,1-2H3,(H,27,31). The van der Waals surface area contributed by atoms with Crippen LogP contribution in [0.1, 0.15) is 49.2 Å². The first-order valence-electron chi connectivity index (χ1n) is 11.2. The molecule has 168 valence electrons. The topological polar surface area (TPSA) is 71.3 Å². The lowest BCUT2D eigenvalue weighted by atomic mass is 9.94. The predicted octanol–water partition coefficient (Wildman–Crippen LogP) is 5.29. The normalized spacial score (nSPS) is 16.1. The molecule has 1 amide bonds. The summed E-state index contributed by atoms with van der Waals surface area (Å²) in [5.41, 5.74) is 3.35. The Hall–Kier alpha value is -2.51. The third-order valence-corrected chi connectivity index (χ3v) is 6.65. The maximum Gasteiger partial charge on any atom is 0.241 e. The summed E-state index contributed by atoms with van der Waals surface area (Å²) in [4.78, 5) is 19.8. The van der Waals surface area contributed by atoms with Crippen LogP contribution in [-0.4, -0.2) is 34.0 Å². The van der Waals surface area contributed by atoms with E-state index in [2.05, 4.69) is 62.3 Å². The van der Waals surface area contributed by atoms with Crippen molar-refractivity contribution in [3.8, 4) is 11.4 Å². The summed E-state index contributed by atoms with van der Waals surface area (Å²) in [5.74, 6) is 1.41. The van der Waals surface area contributed by atoms with E-state index < -0.39 is 0 Å². The van der Waals surface area contributed by atoms with E-state index in [0.717, 1.165) is 42.4 Å². The molecule has 4 rings (SSSR count). The van der Waals surface area contributed by atoms with Gasteiger partial charge in [-0.15, -0.1) is 0 Å². The van der Waals surface area contributed by atoms with Crippen molar-refractivity contribution in [2.45, 2.75) is 45.7 Å². The summed E-state index contributed by atoms with van der Waals surface area (Å²) in [6.07, 6.45) is 2.55. The third kappa shape index (κ3) is 5.45. The molecule has 3 aromatic rings. The molecule has 1 aromatic heterocycles. The largest absolute Gasteiger partial charge is 0.349 e. The van der Waals surface area contributed by atoms with Gasteiger partial charge in [0.2, 0.25) is 17.6 Å². The van der Waals surface area contributed by atoms with Crippen molar-refractivity contribution in [3.05, 3.63) is 70.0 Å². The van der Waals surface area contributed by atoms with Gasteiger partial charge in [-0.1, -0.05) is 64.4 Å². The molecule has 0 radical (unpaired) electrons. The zero-order valence-corrected chi connectivity index (χ0v) is 20.1. The zero-order valence-electron chi connectivity index (χ0n) is 18.6. The van der Waals surface area contributed by atoms with Gasteiger partial charge in [0, 0.05) is 16.0 Å². The van der Waals surface area contributed by atoms with Crippen LogP contribution in [0.2, 0.25) is 0 Å². The van der Waals surface area contributed by atoms with Crippen molar-refractivity contribution in [1.82, 2.24) is 20.4 Å². The van der Waals surface area contributed by atoms with Crippen molar-refractivity contribution in [1.29, 1.82) is 0 Å². The molecule has 0 spiro atoms. The molecule has 0 saturated carbocycles. The number of aromatic nitrogens is 2. The van der Waals surface area contributed by atoms with Crippen molar-refractivity contribution < 1.29 is 9.32 Å². The Labute approximate surface area is 197 Å². The molecule has 0 bridgehead atoms. The van der Waals surface area contributed by atoms with Gasteiger partial charge in [-0.2, -0.15) is 4.98 Å². The van der Waals surface area contributed by atoms with E-state index in [1.54, 1.807) is 0 Å². The van der Waals surface area contributed by atoms with E-state index >= 15 is 0 Å². The van der Waals surface area contributed by atoms with E-state index in [4.69, 9.17) is 4.52 Å². The van der Waals surface area contributed by atoms with Crippen LogP contribution >= 0.6 is 15.9 Å². The second kappa shape index (κ2) is 10.4. The monoisotopic (exact) mass is 496 g/mol. The highest BCUT2D eigenvalue weighted by molar-refractivity contribution is 9.10. The molecule has 2 aromatic carbocycles. The quantitative estimate of drug-likeness (QED) is 0.481. The van der Waals surface area contributed by atoms with Crippen LogP contribution in [0.15, 0.2) is 57.5 Å². The molecule has 1 fully saturated rings. The molecule has 1 unspecified atom stereocenters. The summed E-state index contributed by atoms with van der Waals surface area (Å²) >= 11 is 3.47. The van der Waals surface area contributed by atoms with E-state index in [1.807, 2.05) is 36.4 Å². The molecule has 0 aliphatic carbocycles. The number of nitrogens with one attached hydrogen (secondary N) is 1. The van der Waals surface area contributed by atoms with Gasteiger partial charge in [-0.25, -0.2) is 0 Å². The fraction of sp³-hybridized carbons (Fsp3) is 0.400. The lowest BCUT2D eigenvalue weighted by molar-refractivity contribution is -0.127. The summed E-state index contributed by atoms with van der Waals surface area (Å²) in [5, 5.41) is 7.40. The number of benzene rings is 2. The van der Waals surface area contributed by atoms with Crippen LogP contribution in [0.5, 0.6) is 0 Å². The molecule has 7 heteroatoms. The smallest absolute Gasteiger partial charge is 0.241 e. The van der Waals surface area contributed by atoms with E-state index in [9.17, 15) is 4.79 Å². The number of piperidine rings is 1. The Morgan fingerprint density at radius 3 is 2.72 bits per heavy atom. The minimum Gasteiger partial charge on any atom is -0.349 e. The van der Waals surface area contributed by atoms with Crippen molar-refractivity contribution in [2.75, 3.05) is 13.1 Å². The molecule has 1 saturated heterocycles. The summed E-state index contributed by atoms with van der Waals surface area (Å²) in [7, 11) is 0. The molecule has 1 aliphatic heterocycles. The molecule has 1 N–H and O–H groups in total. The van der Waals surface area contributed by atoms with Gasteiger partial charge in [0.05, 0.1) is 12.6 Å². The highest BCUT2D eigenvalue weighted by Gasteiger charge is 2.27. The Balaban J connectivity index is 1.29. The first-order valence-corrected chi connectivity index (χ1v) is 12.0. The average molecular weight is 497 g/mol. The Morgan fingerprint density at radius 1 is 1.22 bits per heavy atom. The second-order valence-electron chi connectivity index (χ2n) is 8.40. The van der Waals surface area contributed by atoms with Gasteiger partial charge in [-0.05, 0) is 62.5 Å². The maximum atomic E-state index is 12.9. The molecular formula is C25H29BrN4O2. The van der Waals surface area contributed by atoms with Crippen LogP contribution in [0.4, 0.5) is 0 Å². The van der Waals surface area contributed by atoms with Gasteiger partial charge in [0.15, 0.2) is 0 Å². The van der Waals surface area contributed by atoms with Gasteiger partial charge < -0.3 is 9.84 Å². The Bertz CT molecular complexity index is 1060. The fourth-order valence-corrected chi connectivity index (χ4v) is 4.67. The number of halogens is 1. The first-order chi connectivity index (χ1) is 15.5. The molecule has 1 atom stereocenters. The third-order valence-electron chi connectivity index (χ3n) is 6.16. The maximum absolute atomic E-state index is 12.9. The highest BCUT2D eigenvalue weighted by Crippen LogP contribution is 2.25. The Morgan fingerprint density at radius 2 is 2.00 bits per heavy atom. The summed E-state index contributed by atoms with van der Waals surface area (Å²) in [6.45, 7) is 6.51. The van der Waals surface area contributed by atoms with Crippen molar-refractivity contribution >= 4 is 21.8 Å². The number of aryl methyl sites for hydroxylation is 1. The second-order valence-corrected chi connectivity index (χ2v) is 9.31. The fourth-order valence-electron chi connectivity index (χ4n) is 4.28. The van der Waals surface area contributed by atoms with E-state index in [-0.39, 0.29) is 17.9 Å². The SMILES string of the molecule is CCC(NC(=O)C1CCN(Cc2nc(-c3cccc(Br)c3)no2)CC1)c1ccccc1C. The molecular weight excluding hydrogens is 468 g/mol. The van der Waals surface area contributed by atoms with E-state index in [0.29, 0.717) is 18.3 Å². The number of hydrogen-bond acceptors (Lipinski definition) is 5. The minimum absolute atomic E-state index is 0.0456. The number of amides is 1. The molecule has 6 nitrogen and oxygen atoms in total. The van der Waals surface area contributed by atoms with Crippen LogP contribution < -0.4 is 5.32 Å². The van der Waals surface area contributed by atoms with Crippen LogP contribution in [0, 0.1) is 12.8 Å². The number of nitrogens with zero attached hydrogens (tertiary/aromatic N) is 3. The molecule has 2 heterocycles. The number of hydrogen-bond donors (Lipinski definition) is 1. The lowest BCUT2D eigenvalue weighted by Gasteiger charge is -2.31. The minimum atomic E-state index is 0.0456. The predicted molar refractivity (Wildman–Crippen MR) is 128 cm³/mol.